The fourth-order valence-electron chi connectivity index (χ4n) is 2.12. The largest absolute Gasteiger partial charge is 0.338 e. The van der Waals surface area contributed by atoms with Crippen LogP contribution in [0.15, 0.2) is 12.5 Å². The molecule has 1 fully saturated rings. The minimum Gasteiger partial charge on any atom is -0.338 e. The van der Waals surface area contributed by atoms with Gasteiger partial charge in [-0.3, -0.25) is 0 Å². The maximum absolute atomic E-state index is 4.13. The first kappa shape index (κ1) is 9.71. The molecule has 1 aliphatic rings. The highest BCUT2D eigenvalue weighted by atomic mass is 15.0. The Morgan fingerprint density at radius 3 is 3.14 bits per heavy atom. The number of nitrogens with zero attached hydrogens (tertiary/aromatic N) is 2. The van der Waals surface area contributed by atoms with Crippen LogP contribution in [0.3, 0.4) is 0 Å². The molecule has 0 radical (unpaired) electrons. The molecule has 0 amide bonds. The molecule has 1 saturated heterocycles. The van der Waals surface area contributed by atoms with Crippen LogP contribution in [0.5, 0.6) is 0 Å². The van der Waals surface area contributed by atoms with Crippen molar-refractivity contribution < 1.29 is 0 Å². The normalized spacial score (nSPS) is 22.5. The van der Waals surface area contributed by atoms with Gasteiger partial charge in [0.2, 0.25) is 0 Å². The van der Waals surface area contributed by atoms with E-state index in [1.165, 1.54) is 37.9 Å². The molecule has 1 aromatic heterocycles. The first-order valence-corrected chi connectivity index (χ1v) is 5.55. The maximum Gasteiger partial charge on any atom is 0.0945 e. The van der Waals surface area contributed by atoms with Crippen LogP contribution in [0.4, 0.5) is 0 Å². The van der Waals surface area contributed by atoms with Gasteiger partial charge in [-0.2, -0.15) is 0 Å². The zero-order valence-electron chi connectivity index (χ0n) is 8.87. The zero-order chi connectivity index (χ0) is 9.80. The van der Waals surface area contributed by atoms with E-state index in [1.807, 2.05) is 12.5 Å². The summed E-state index contributed by atoms with van der Waals surface area (Å²) in [6, 6.07) is 0.735. The first-order valence-electron chi connectivity index (χ1n) is 5.55. The van der Waals surface area contributed by atoms with Crippen molar-refractivity contribution in [2.45, 2.75) is 38.1 Å². The van der Waals surface area contributed by atoms with Crippen LogP contribution < -0.4 is 5.32 Å². The summed E-state index contributed by atoms with van der Waals surface area (Å²) in [5.41, 5.74) is 1.34. The topological polar surface area (TPSA) is 29.9 Å². The van der Waals surface area contributed by atoms with E-state index in [0.717, 1.165) is 12.5 Å². The Morgan fingerprint density at radius 2 is 2.50 bits per heavy atom. The molecule has 2 heterocycles. The summed E-state index contributed by atoms with van der Waals surface area (Å²) in [4.78, 5) is 4.13. The molecule has 1 N–H and O–H groups in total. The van der Waals surface area contributed by atoms with Crippen molar-refractivity contribution in [1.29, 1.82) is 0 Å². The molecule has 3 nitrogen and oxygen atoms in total. The van der Waals surface area contributed by atoms with E-state index in [4.69, 9.17) is 0 Å². The summed E-state index contributed by atoms with van der Waals surface area (Å²) >= 11 is 0. The van der Waals surface area contributed by atoms with E-state index in [-0.39, 0.29) is 0 Å². The van der Waals surface area contributed by atoms with E-state index >= 15 is 0 Å². The average molecular weight is 193 g/mol. The highest BCUT2D eigenvalue weighted by Gasteiger charge is 2.12. The number of piperidine rings is 1. The molecule has 3 heteroatoms. The van der Waals surface area contributed by atoms with Crippen molar-refractivity contribution >= 4 is 0 Å². The van der Waals surface area contributed by atoms with Gasteiger partial charge in [0.1, 0.15) is 0 Å². The molecule has 14 heavy (non-hydrogen) atoms. The summed E-state index contributed by atoms with van der Waals surface area (Å²) in [5, 5.41) is 3.57. The molecule has 2 rings (SSSR count). The summed E-state index contributed by atoms with van der Waals surface area (Å²) in [7, 11) is 2.07. The Bertz CT molecular complexity index is 274. The quantitative estimate of drug-likeness (QED) is 0.788. The molecule has 1 atom stereocenters. The van der Waals surface area contributed by atoms with Gasteiger partial charge >= 0.3 is 0 Å². The van der Waals surface area contributed by atoms with Gasteiger partial charge in [-0.25, -0.2) is 4.98 Å². The molecule has 1 aromatic rings. The SMILES string of the molecule is Cn1cncc1CCC1CCCCN1. The number of nitrogens with one attached hydrogen (secondary N) is 1. The highest BCUT2D eigenvalue weighted by molar-refractivity contribution is 4.98. The molecular formula is C11H19N3. The second kappa shape index (κ2) is 4.60. The zero-order valence-corrected chi connectivity index (χ0v) is 8.87. The van der Waals surface area contributed by atoms with E-state index in [9.17, 15) is 0 Å². The molecule has 0 saturated carbocycles. The van der Waals surface area contributed by atoms with E-state index in [1.54, 1.807) is 0 Å². The molecule has 0 bridgehead atoms. The fraction of sp³-hybridized carbons (Fsp3) is 0.727. The fourth-order valence-corrected chi connectivity index (χ4v) is 2.12. The van der Waals surface area contributed by atoms with Crippen molar-refractivity contribution in [3.05, 3.63) is 18.2 Å². The number of hydrogen-bond donors (Lipinski definition) is 1. The summed E-state index contributed by atoms with van der Waals surface area (Å²) in [6.07, 6.45) is 10.3. The monoisotopic (exact) mass is 193 g/mol. The Balaban J connectivity index is 1.79. The average Bonchev–Trinajstić information content (AvgIpc) is 2.63. The van der Waals surface area contributed by atoms with Crippen LogP contribution in [0.1, 0.15) is 31.4 Å². The summed E-state index contributed by atoms with van der Waals surface area (Å²) < 4.78 is 2.11. The van der Waals surface area contributed by atoms with Gasteiger partial charge in [-0.05, 0) is 32.2 Å². The number of imidazole rings is 1. The number of aryl methyl sites for hydroxylation is 2. The number of hydrogen-bond acceptors (Lipinski definition) is 2. The molecule has 0 spiro atoms. The molecule has 0 aliphatic carbocycles. The van der Waals surface area contributed by atoms with Crippen LogP contribution in [-0.2, 0) is 13.5 Å². The predicted molar refractivity (Wildman–Crippen MR) is 57.2 cm³/mol. The van der Waals surface area contributed by atoms with Gasteiger partial charge in [-0.1, -0.05) is 6.42 Å². The Labute approximate surface area is 85.5 Å². The van der Waals surface area contributed by atoms with Gasteiger partial charge in [0.25, 0.3) is 0 Å². The lowest BCUT2D eigenvalue weighted by Gasteiger charge is -2.23. The predicted octanol–water partition coefficient (Wildman–Crippen LogP) is 1.49. The molecule has 0 aromatic carbocycles. The van der Waals surface area contributed by atoms with E-state index in [2.05, 4.69) is 21.9 Å². The number of aromatic nitrogens is 2. The lowest BCUT2D eigenvalue weighted by molar-refractivity contribution is 0.381. The molecule has 1 aliphatic heterocycles. The maximum atomic E-state index is 4.13. The van der Waals surface area contributed by atoms with E-state index < -0.39 is 0 Å². The molecule has 1 unspecified atom stereocenters. The van der Waals surface area contributed by atoms with Crippen LogP contribution >= 0.6 is 0 Å². The van der Waals surface area contributed by atoms with Gasteiger partial charge in [0.05, 0.1) is 6.33 Å². The molecular weight excluding hydrogens is 174 g/mol. The van der Waals surface area contributed by atoms with Crippen LogP contribution in [-0.4, -0.2) is 22.1 Å². The minimum atomic E-state index is 0.735. The van der Waals surface area contributed by atoms with Crippen LogP contribution in [0.25, 0.3) is 0 Å². The summed E-state index contributed by atoms with van der Waals surface area (Å²) in [5.74, 6) is 0. The third kappa shape index (κ3) is 2.35. The molecule has 78 valence electrons. The van der Waals surface area contributed by atoms with Crippen molar-refractivity contribution in [1.82, 2.24) is 14.9 Å². The summed E-state index contributed by atoms with van der Waals surface area (Å²) in [6.45, 7) is 1.20. The third-order valence-electron chi connectivity index (χ3n) is 3.08. The second-order valence-corrected chi connectivity index (χ2v) is 4.18. The van der Waals surface area contributed by atoms with Crippen molar-refractivity contribution in [2.24, 2.45) is 7.05 Å². The Morgan fingerprint density at radius 1 is 1.57 bits per heavy atom. The van der Waals surface area contributed by atoms with Crippen molar-refractivity contribution in [3.63, 3.8) is 0 Å². The van der Waals surface area contributed by atoms with Gasteiger partial charge in [-0.15, -0.1) is 0 Å². The Kier molecular flexibility index (Phi) is 3.19. The van der Waals surface area contributed by atoms with Crippen molar-refractivity contribution in [2.75, 3.05) is 6.54 Å². The minimum absolute atomic E-state index is 0.735. The lowest BCUT2D eigenvalue weighted by Crippen LogP contribution is -2.34. The van der Waals surface area contributed by atoms with E-state index in [0.29, 0.717) is 0 Å². The van der Waals surface area contributed by atoms with Gasteiger partial charge < -0.3 is 9.88 Å². The van der Waals surface area contributed by atoms with Crippen molar-refractivity contribution in [3.8, 4) is 0 Å². The van der Waals surface area contributed by atoms with Crippen LogP contribution in [0.2, 0.25) is 0 Å². The lowest BCUT2D eigenvalue weighted by atomic mass is 10.00. The standard InChI is InChI=1S/C11H19N3/c1-14-9-12-8-11(14)6-5-10-4-2-3-7-13-10/h8-10,13H,2-7H2,1H3. The smallest absolute Gasteiger partial charge is 0.0945 e. The van der Waals surface area contributed by atoms with Gasteiger partial charge in [0, 0.05) is 25.0 Å². The van der Waals surface area contributed by atoms with Gasteiger partial charge in [0.15, 0.2) is 0 Å². The highest BCUT2D eigenvalue weighted by Crippen LogP contribution is 2.12. The third-order valence-corrected chi connectivity index (χ3v) is 3.08. The van der Waals surface area contributed by atoms with Crippen LogP contribution in [0, 0.1) is 0 Å². The number of rotatable bonds is 3. The Hall–Kier alpha value is -0.830. The first-order chi connectivity index (χ1) is 6.86. The second-order valence-electron chi connectivity index (χ2n) is 4.18.